The van der Waals surface area contributed by atoms with Gasteiger partial charge in [-0.25, -0.2) is 4.79 Å². The molecule has 1 N–H and O–H groups in total. The minimum Gasteiger partial charge on any atom is -0.340 e. The molecule has 0 saturated carbocycles. The van der Waals surface area contributed by atoms with Crippen LogP contribution in [0.15, 0.2) is 27.8 Å². The van der Waals surface area contributed by atoms with Gasteiger partial charge < -0.3 is 5.32 Å². The van der Waals surface area contributed by atoms with Crippen molar-refractivity contribution < 1.29 is 0 Å². The molecule has 1 aromatic heterocycles. The van der Waals surface area contributed by atoms with E-state index in [9.17, 15) is 14.9 Å². The second-order valence-electron chi connectivity index (χ2n) is 5.16. The predicted octanol–water partition coefficient (Wildman–Crippen LogP) is 1.57. The Kier molecular flexibility index (Phi) is 4.18. The second kappa shape index (κ2) is 5.90. The van der Waals surface area contributed by atoms with E-state index in [1.165, 1.54) is 24.2 Å². The Morgan fingerprint density at radius 2 is 1.91 bits per heavy atom. The van der Waals surface area contributed by atoms with Gasteiger partial charge in [0.05, 0.1) is 0 Å². The molecule has 114 valence electrons. The summed E-state index contributed by atoms with van der Waals surface area (Å²) in [5, 5.41) is 12.3. The van der Waals surface area contributed by atoms with Crippen LogP contribution in [0.2, 0.25) is 0 Å². The molecule has 2 aromatic rings. The van der Waals surface area contributed by atoms with Gasteiger partial charge in [-0.3, -0.25) is 13.9 Å². The van der Waals surface area contributed by atoms with Crippen LogP contribution < -0.4 is 16.6 Å². The van der Waals surface area contributed by atoms with Gasteiger partial charge in [0.1, 0.15) is 11.9 Å². The predicted molar refractivity (Wildman–Crippen MR) is 85.5 cm³/mol. The Balaban J connectivity index is 2.62. The molecule has 0 spiro atoms. The number of rotatable bonds is 3. The topological polar surface area (TPSA) is 79.8 Å². The number of anilines is 2. The van der Waals surface area contributed by atoms with Crippen LogP contribution in [0.4, 0.5) is 11.5 Å². The van der Waals surface area contributed by atoms with E-state index in [0.29, 0.717) is 0 Å². The van der Waals surface area contributed by atoms with Gasteiger partial charge in [-0.15, -0.1) is 0 Å². The summed E-state index contributed by atoms with van der Waals surface area (Å²) >= 11 is 0. The van der Waals surface area contributed by atoms with E-state index in [1.54, 1.807) is 0 Å². The summed E-state index contributed by atoms with van der Waals surface area (Å²) in [6, 6.07) is 7.66. The monoisotopic (exact) mass is 298 g/mol. The van der Waals surface area contributed by atoms with Crippen molar-refractivity contribution in [2.75, 3.05) is 5.32 Å². The highest BCUT2D eigenvalue weighted by Gasteiger charge is 2.15. The van der Waals surface area contributed by atoms with Crippen molar-refractivity contribution in [3.8, 4) is 6.07 Å². The molecule has 0 aliphatic heterocycles. The van der Waals surface area contributed by atoms with Gasteiger partial charge in [0.15, 0.2) is 5.56 Å². The van der Waals surface area contributed by atoms with Gasteiger partial charge in [-0.05, 0) is 36.6 Å². The number of nitriles is 1. The summed E-state index contributed by atoms with van der Waals surface area (Å²) in [6.45, 7) is 4.08. The highest BCUT2D eigenvalue weighted by molar-refractivity contribution is 5.63. The first-order valence-electron chi connectivity index (χ1n) is 6.97. The van der Waals surface area contributed by atoms with Gasteiger partial charge in [0, 0.05) is 19.8 Å². The van der Waals surface area contributed by atoms with Crippen LogP contribution in [0.25, 0.3) is 0 Å². The molecule has 1 aromatic carbocycles. The van der Waals surface area contributed by atoms with Crippen LogP contribution in [0, 0.1) is 18.3 Å². The highest BCUT2D eigenvalue weighted by atomic mass is 16.2. The third-order valence-corrected chi connectivity index (χ3v) is 3.77. The number of benzene rings is 1. The molecule has 1 heterocycles. The first-order valence-corrected chi connectivity index (χ1v) is 6.97. The second-order valence-corrected chi connectivity index (χ2v) is 5.16. The molecular formula is C16H18N4O2. The smallest absolute Gasteiger partial charge is 0.332 e. The maximum Gasteiger partial charge on any atom is 0.332 e. The van der Waals surface area contributed by atoms with Crippen LogP contribution in [-0.2, 0) is 20.5 Å². The standard InChI is InChI=1S/C16H18N4O2/c1-5-11-8-12(7-6-10(11)2)18-14-13(9-17)15(21)20(4)16(22)19(14)3/h6-8,18H,5H2,1-4H3. The number of aryl methyl sites for hydroxylation is 2. The van der Waals surface area contributed by atoms with Gasteiger partial charge in [0.2, 0.25) is 0 Å². The van der Waals surface area contributed by atoms with Crippen molar-refractivity contribution in [1.82, 2.24) is 9.13 Å². The Morgan fingerprint density at radius 1 is 1.23 bits per heavy atom. The summed E-state index contributed by atoms with van der Waals surface area (Å²) in [7, 11) is 2.89. The molecule has 6 nitrogen and oxygen atoms in total. The SMILES string of the molecule is CCc1cc(Nc2c(C#N)c(=O)n(C)c(=O)n2C)ccc1C. The van der Waals surface area contributed by atoms with Crippen molar-refractivity contribution in [3.05, 3.63) is 55.7 Å². The lowest BCUT2D eigenvalue weighted by Crippen LogP contribution is -2.39. The minimum atomic E-state index is -0.601. The molecule has 22 heavy (non-hydrogen) atoms. The molecule has 0 radical (unpaired) electrons. The molecule has 0 fully saturated rings. The zero-order valence-electron chi connectivity index (χ0n) is 13.1. The van der Waals surface area contributed by atoms with E-state index in [-0.39, 0.29) is 11.4 Å². The van der Waals surface area contributed by atoms with Crippen LogP contribution in [-0.4, -0.2) is 9.13 Å². The normalized spacial score (nSPS) is 10.3. The molecule has 6 heteroatoms. The van der Waals surface area contributed by atoms with Gasteiger partial charge in [-0.1, -0.05) is 13.0 Å². The quantitative estimate of drug-likeness (QED) is 0.932. The van der Waals surface area contributed by atoms with E-state index in [1.807, 2.05) is 31.2 Å². The minimum absolute atomic E-state index is 0.0803. The largest absolute Gasteiger partial charge is 0.340 e. The van der Waals surface area contributed by atoms with E-state index in [4.69, 9.17) is 0 Å². The molecule has 0 atom stereocenters. The number of nitrogens with one attached hydrogen (secondary N) is 1. The van der Waals surface area contributed by atoms with Crippen molar-refractivity contribution in [2.24, 2.45) is 14.1 Å². The molecule has 0 amide bonds. The van der Waals surface area contributed by atoms with Crippen molar-refractivity contribution in [3.63, 3.8) is 0 Å². The van der Waals surface area contributed by atoms with Crippen molar-refractivity contribution in [1.29, 1.82) is 5.26 Å². The van der Waals surface area contributed by atoms with Crippen molar-refractivity contribution >= 4 is 11.5 Å². The van der Waals surface area contributed by atoms with Gasteiger partial charge in [-0.2, -0.15) is 5.26 Å². The molecule has 0 bridgehead atoms. The van der Waals surface area contributed by atoms with Crippen LogP contribution in [0.1, 0.15) is 23.6 Å². The van der Waals surface area contributed by atoms with E-state index in [0.717, 1.165) is 22.2 Å². The first kappa shape index (κ1) is 15.6. The number of hydrogen-bond donors (Lipinski definition) is 1. The van der Waals surface area contributed by atoms with Gasteiger partial charge in [0.25, 0.3) is 5.56 Å². The van der Waals surface area contributed by atoms with Crippen LogP contribution in [0.3, 0.4) is 0 Å². The summed E-state index contributed by atoms with van der Waals surface area (Å²) in [5.41, 5.74) is 1.92. The summed E-state index contributed by atoms with van der Waals surface area (Å²) in [6.07, 6.45) is 0.877. The molecule has 0 aliphatic carbocycles. The molecule has 0 aliphatic rings. The molecule has 0 saturated heterocycles. The Hall–Kier alpha value is -2.81. The lowest BCUT2D eigenvalue weighted by atomic mass is 10.1. The maximum absolute atomic E-state index is 12.0. The lowest BCUT2D eigenvalue weighted by Gasteiger charge is -2.15. The zero-order valence-corrected chi connectivity index (χ0v) is 13.1. The van der Waals surface area contributed by atoms with Crippen LogP contribution in [0.5, 0.6) is 0 Å². The molecule has 0 unspecified atom stereocenters. The Bertz CT molecular complexity index is 885. The number of aromatic nitrogens is 2. The third-order valence-electron chi connectivity index (χ3n) is 3.77. The maximum atomic E-state index is 12.0. The van der Waals surface area contributed by atoms with Crippen LogP contribution >= 0.6 is 0 Å². The molecule has 2 rings (SSSR count). The zero-order chi connectivity index (χ0) is 16.4. The lowest BCUT2D eigenvalue weighted by molar-refractivity contribution is 0.689. The third kappa shape index (κ3) is 2.53. The highest BCUT2D eigenvalue weighted by Crippen LogP contribution is 2.20. The summed E-state index contributed by atoms with van der Waals surface area (Å²) in [5.74, 6) is 0.210. The summed E-state index contributed by atoms with van der Waals surface area (Å²) < 4.78 is 2.20. The van der Waals surface area contributed by atoms with E-state index >= 15 is 0 Å². The van der Waals surface area contributed by atoms with E-state index in [2.05, 4.69) is 12.2 Å². The fourth-order valence-corrected chi connectivity index (χ4v) is 2.36. The average Bonchev–Trinajstić information content (AvgIpc) is 2.52. The van der Waals surface area contributed by atoms with Crippen molar-refractivity contribution in [2.45, 2.75) is 20.3 Å². The average molecular weight is 298 g/mol. The Morgan fingerprint density at radius 3 is 2.50 bits per heavy atom. The number of hydrogen-bond acceptors (Lipinski definition) is 4. The van der Waals surface area contributed by atoms with E-state index < -0.39 is 11.2 Å². The summed E-state index contributed by atoms with van der Waals surface area (Å²) in [4.78, 5) is 24.1. The number of nitrogens with zero attached hydrogens (tertiary/aromatic N) is 3. The Labute approximate surface area is 128 Å². The first-order chi connectivity index (χ1) is 10.4. The fraction of sp³-hybridized carbons (Fsp3) is 0.312. The molecular weight excluding hydrogens is 280 g/mol. The van der Waals surface area contributed by atoms with Gasteiger partial charge >= 0.3 is 5.69 Å². The fourth-order valence-electron chi connectivity index (χ4n) is 2.36.